The van der Waals surface area contributed by atoms with E-state index >= 15 is 0 Å². The molecule has 7 heteroatoms. The summed E-state index contributed by atoms with van der Waals surface area (Å²) in [5.41, 5.74) is 0.0992. The molecule has 1 N–H and O–H groups in total. The van der Waals surface area contributed by atoms with Gasteiger partial charge in [0.15, 0.2) is 5.57 Å². The summed E-state index contributed by atoms with van der Waals surface area (Å²) in [6.45, 7) is 0. The minimum atomic E-state index is -0.340. The molecule has 6 nitrogen and oxygen atoms in total. The van der Waals surface area contributed by atoms with Crippen LogP contribution in [0.5, 0.6) is 0 Å². The molecular formula is C14H10ClN5O. The molecule has 0 saturated carbocycles. The first-order chi connectivity index (χ1) is 9.94. The van der Waals surface area contributed by atoms with Crippen LogP contribution in [0.4, 0.5) is 5.69 Å². The fourth-order valence-corrected chi connectivity index (χ4v) is 1.63. The number of hydrogen-bond donors (Lipinski definition) is 1. The van der Waals surface area contributed by atoms with Gasteiger partial charge in [0.05, 0.1) is 10.6 Å². The Hall–Kier alpha value is -3.01. The summed E-state index contributed by atoms with van der Waals surface area (Å²) in [5.74, 6) is -0.299. The Kier molecular flexibility index (Phi) is 5.31. The second kappa shape index (κ2) is 6.96. The first-order valence-electron chi connectivity index (χ1n) is 5.67. The van der Waals surface area contributed by atoms with E-state index in [1.165, 1.54) is 17.0 Å². The molecule has 0 unspecified atom stereocenters. The Labute approximate surface area is 127 Å². The molecule has 1 rings (SSSR count). The summed E-state index contributed by atoms with van der Waals surface area (Å²) in [6.07, 6.45) is 0. The SMILES string of the molecule is CN(C)C(=O)c1cc(NC(C#N)=C(C#N)C#N)ccc1Cl. The first-order valence-corrected chi connectivity index (χ1v) is 6.05. The van der Waals surface area contributed by atoms with Gasteiger partial charge in [0, 0.05) is 19.8 Å². The van der Waals surface area contributed by atoms with E-state index < -0.39 is 0 Å². The van der Waals surface area contributed by atoms with E-state index in [9.17, 15) is 4.79 Å². The molecule has 0 aromatic heterocycles. The summed E-state index contributed by atoms with van der Waals surface area (Å²) in [7, 11) is 3.17. The number of nitrogens with one attached hydrogen (secondary N) is 1. The molecule has 0 heterocycles. The standard InChI is InChI=1S/C14H10ClN5O/c1-20(2)14(21)11-5-10(3-4-12(11)15)19-13(8-18)9(6-16)7-17/h3-5,19H,1-2H3. The third-order valence-electron chi connectivity index (χ3n) is 2.46. The highest BCUT2D eigenvalue weighted by Crippen LogP contribution is 2.23. The van der Waals surface area contributed by atoms with Gasteiger partial charge in [-0.25, -0.2) is 0 Å². The Balaban J connectivity index is 3.25. The van der Waals surface area contributed by atoms with Crippen molar-refractivity contribution in [3.05, 3.63) is 40.1 Å². The van der Waals surface area contributed by atoms with Gasteiger partial charge in [-0.1, -0.05) is 11.6 Å². The molecule has 0 fully saturated rings. The average Bonchev–Trinajstić information content (AvgIpc) is 2.48. The average molecular weight is 300 g/mol. The van der Waals surface area contributed by atoms with Crippen molar-refractivity contribution in [3.63, 3.8) is 0 Å². The van der Waals surface area contributed by atoms with Gasteiger partial charge >= 0.3 is 0 Å². The zero-order valence-electron chi connectivity index (χ0n) is 11.3. The smallest absolute Gasteiger partial charge is 0.254 e. The van der Waals surface area contributed by atoms with E-state index in [1.54, 1.807) is 38.4 Å². The predicted octanol–water partition coefficient (Wildman–Crippen LogP) is 2.28. The predicted molar refractivity (Wildman–Crippen MR) is 77.0 cm³/mol. The third-order valence-corrected chi connectivity index (χ3v) is 2.79. The van der Waals surface area contributed by atoms with Crippen LogP contribution in [-0.4, -0.2) is 24.9 Å². The van der Waals surface area contributed by atoms with Crippen LogP contribution in [0.2, 0.25) is 5.02 Å². The minimum absolute atomic E-state index is 0.189. The molecule has 0 aliphatic rings. The van der Waals surface area contributed by atoms with Crippen molar-refractivity contribution >= 4 is 23.2 Å². The lowest BCUT2D eigenvalue weighted by Gasteiger charge is -2.13. The Morgan fingerprint density at radius 3 is 2.29 bits per heavy atom. The molecule has 1 amide bonds. The number of anilines is 1. The molecule has 21 heavy (non-hydrogen) atoms. The van der Waals surface area contributed by atoms with Crippen molar-refractivity contribution in [1.82, 2.24) is 4.90 Å². The maximum atomic E-state index is 12.0. The zero-order chi connectivity index (χ0) is 16.0. The van der Waals surface area contributed by atoms with Crippen LogP contribution in [0.15, 0.2) is 29.5 Å². The van der Waals surface area contributed by atoms with E-state index in [0.717, 1.165) is 0 Å². The number of amides is 1. The number of carbonyl (C=O) groups is 1. The molecule has 0 aliphatic carbocycles. The summed E-state index contributed by atoms with van der Waals surface area (Å²) >= 11 is 5.97. The van der Waals surface area contributed by atoms with Crippen molar-refractivity contribution in [2.75, 3.05) is 19.4 Å². The normalized spacial score (nSPS) is 8.76. The maximum Gasteiger partial charge on any atom is 0.254 e. The number of nitrogens with zero attached hydrogens (tertiary/aromatic N) is 4. The molecule has 0 saturated heterocycles. The van der Waals surface area contributed by atoms with Gasteiger partial charge in [-0.2, -0.15) is 15.8 Å². The van der Waals surface area contributed by atoms with Crippen molar-refractivity contribution in [3.8, 4) is 18.2 Å². The van der Waals surface area contributed by atoms with Crippen LogP contribution < -0.4 is 5.32 Å². The van der Waals surface area contributed by atoms with Crippen molar-refractivity contribution < 1.29 is 4.79 Å². The number of hydrogen-bond acceptors (Lipinski definition) is 5. The van der Waals surface area contributed by atoms with Gasteiger partial charge < -0.3 is 10.2 Å². The Morgan fingerprint density at radius 2 is 1.81 bits per heavy atom. The molecule has 0 bridgehead atoms. The lowest BCUT2D eigenvalue weighted by atomic mass is 10.1. The van der Waals surface area contributed by atoms with E-state index in [4.69, 9.17) is 27.4 Å². The van der Waals surface area contributed by atoms with Gasteiger partial charge in [-0.05, 0) is 18.2 Å². The number of benzene rings is 1. The number of allylic oxidation sites excluding steroid dienone is 2. The Bertz CT molecular complexity index is 715. The van der Waals surface area contributed by atoms with Gasteiger partial charge in [-0.3, -0.25) is 4.79 Å². The quantitative estimate of drug-likeness (QED) is 0.862. The molecule has 0 aliphatic heterocycles. The van der Waals surface area contributed by atoms with Crippen LogP contribution in [0, 0.1) is 34.0 Å². The molecule has 0 atom stereocenters. The van der Waals surface area contributed by atoms with Gasteiger partial charge in [0.2, 0.25) is 0 Å². The highest BCUT2D eigenvalue weighted by atomic mass is 35.5. The first kappa shape index (κ1) is 16.0. The monoisotopic (exact) mass is 299 g/mol. The molecular weight excluding hydrogens is 290 g/mol. The fraction of sp³-hybridized carbons (Fsp3) is 0.143. The van der Waals surface area contributed by atoms with Crippen molar-refractivity contribution in [2.24, 2.45) is 0 Å². The van der Waals surface area contributed by atoms with Crippen LogP contribution >= 0.6 is 11.6 Å². The summed E-state index contributed by atoms with van der Waals surface area (Å²) in [6, 6.07) is 9.47. The summed E-state index contributed by atoms with van der Waals surface area (Å²) in [4.78, 5) is 13.3. The van der Waals surface area contributed by atoms with E-state index in [-0.39, 0.29) is 27.8 Å². The van der Waals surface area contributed by atoms with E-state index in [1.807, 2.05) is 0 Å². The number of halogens is 1. The number of rotatable bonds is 3. The number of carbonyl (C=O) groups excluding carboxylic acids is 1. The minimum Gasteiger partial charge on any atom is -0.345 e. The maximum absolute atomic E-state index is 12.0. The lowest BCUT2D eigenvalue weighted by molar-refractivity contribution is 0.0828. The summed E-state index contributed by atoms with van der Waals surface area (Å²) in [5, 5.41) is 29.4. The molecule has 0 spiro atoms. The van der Waals surface area contributed by atoms with Gasteiger partial charge in [0.25, 0.3) is 5.91 Å². The van der Waals surface area contributed by atoms with E-state index in [2.05, 4.69) is 5.32 Å². The lowest BCUT2D eigenvalue weighted by Crippen LogP contribution is -2.22. The molecule has 104 valence electrons. The highest BCUT2D eigenvalue weighted by molar-refractivity contribution is 6.34. The number of nitriles is 3. The largest absolute Gasteiger partial charge is 0.345 e. The van der Waals surface area contributed by atoms with Crippen LogP contribution in [-0.2, 0) is 0 Å². The highest BCUT2D eigenvalue weighted by Gasteiger charge is 2.14. The van der Waals surface area contributed by atoms with E-state index in [0.29, 0.717) is 5.69 Å². The second-order valence-electron chi connectivity index (χ2n) is 4.10. The van der Waals surface area contributed by atoms with Crippen LogP contribution in [0.1, 0.15) is 10.4 Å². The van der Waals surface area contributed by atoms with Crippen molar-refractivity contribution in [2.45, 2.75) is 0 Å². The topological polar surface area (TPSA) is 104 Å². The van der Waals surface area contributed by atoms with Crippen molar-refractivity contribution in [1.29, 1.82) is 15.8 Å². The van der Waals surface area contributed by atoms with Gasteiger partial charge in [0.1, 0.15) is 23.9 Å². The fourth-order valence-electron chi connectivity index (χ4n) is 1.44. The molecule has 1 aromatic rings. The summed E-state index contributed by atoms with van der Waals surface area (Å²) < 4.78 is 0. The van der Waals surface area contributed by atoms with Crippen LogP contribution in [0.25, 0.3) is 0 Å². The molecule has 0 radical (unpaired) electrons. The van der Waals surface area contributed by atoms with Crippen LogP contribution in [0.3, 0.4) is 0 Å². The third kappa shape index (κ3) is 3.73. The molecule has 1 aromatic carbocycles. The van der Waals surface area contributed by atoms with Gasteiger partial charge in [-0.15, -0.1) is 0 Å². The zero-order valence-corrected chi connectivity index (χ0v) is 12.1. The Morgan fingerprint density at radius 1 is 1.19 bits per heavy atom. The second-order valence-corrected chi connectivity index (χ2v) is 4.51.